The van der Waals surface area contributed by atoms with Crippen molar-refractivity contribution in [2.24, 2.45) is 4.99 Å². The second kappa shape index (κ2) is 11.8. The normalized spacial score (nSPS) is 10.9. The third-order valence-electron chi connectivity index (χ3n) is 4.41. The summed E-state index contributed by atoms with van der Waals surface area (Å²) < 4.78 is 5.39. The van der Waals surface area contributed by atoms with Gasteiger partial charge in [0, 0.05) is 24.5 Å². The second-order valence-corrected chi connectivity index (χ2v) is 7.27. The predicted octanol–water partition coefficient (Wildman–Crippen LogP) is 4.65. The Bertz CT molecular complexity index is 928. The summed E-state index contributed by atoms with van der Waals surface area (Å²) >= 11 is 1.66. The Hall–Kier alpha value is -2.13. The van der Waals surface area contributed by atoms with Crippen molar-refractivity contribution in [2.75, 3.05) is 20.7 Å². The third kappa shape index (κ3) is 6.71. The van der Waals surface area contributed by atoms with Crippen molar-refractivity contribution in [3.63, 3.8) is 0 Å². The van der Waals surface area contributed by atoms with Crippen molar-refractivity contribution in [1.82, 2.24) is 15.6 Å². The van der Waals surface area contributed by atoms with Crippen molar-refractivity contribution >= 4 is 41.3 Å². The van der Waals surface area contributed by atoms with Crippen LogP contribution < -0.4 is 15.4 Å². The minimum Gasteiger partial charge on any atom is -0.496 e. The van der Waals surface area contributed by atoms with Crippen LogP contribution in [0.2, 0.25) is 0 Å². The number of methoxy groups -OCH3 is 1. The average Bonchev–Trinajstić information content (AvgIpc) is 3.21. The molecule has 154 valence electrons. The highest BCUT2D eigenvalue weighted by Gasteiger charge is 2.06. The molecule has 1 heterocycles. The van der Waals surface area contributed by atoms with Crippen molar-refractivity contribution in [1.29, 1.82) is 0 Å². The monoisotopic (exact) mass is 522 g/mol. The zero-order valence-electron chi connectivity index (χ0n) is 16.9. The van der Waals surface area contributed by atoms with E-state index < -0.39 is 0 Å². The molecule has 0 saturated heterocycles. The lowest BCUT2D eigenvalue weighted by Crippen LogP contribution is -2.37. The first-order valence-electron chi connectivity index (χ1n) is 9.27. The van der Waals surface area contributed by atoms with E-state index in [1.54, 1.807) is 25.5 Å². The van der Waals surface area contributed by atoms with E-state index in [0.717, 1.165) is 46.5 Å². The Morgan fingerprint density at radius 1 is 1.14 bits per heavy atom. The number of benzene rings is 2. The molecule has 29 heavy (non-hydrogen) atoms. The molecule has 0 amide bonds. The van der Waals surface area contributed by atoms with Crippen LogP contribution in [0.3, 0.4) is 0 Å². The molecular weight excluding hydrogens is 495 g/mol. The van der Waals surface area contributed by atoms with Crippen molar-refractivity contribution < 1.29 is 4.74 Å². The summed E-state index contributed by atoms with van der Waals surface area (Å²) in [5.41, 5.74) is 4.54. The number of aromatic nitrogens is 1. The van der Waals surface area contributed by atoms with Crippen LogP contribution in [0.25, 0.3) is 10.6 Å². The van der Waals surface area contributed by atoms with Crippen LogP contribution in [0.15, 0.2) is 58.9 Å². The summed E-state index contributed by atoms with van der Waals surface area (Å²) in [6.45, 7) is 3.48. The number of aryl methyl sites for hydroxylation is 1. The Kier molecular flexibility index (Phi) is 9.40. The van der Waals surface area contributed by atoms with E-state index in [0.29, 0.717) is 6.54 Å². The molecular formula is C22H27IN4OS. The van der Waals surface area contributed by atoms with Gasteiger partial charge in [-0.3, -0.25) is 4.99 Å². The summed E-state index contributed by atoms with van der Waals surface area (Å²) in [6, 6.07) is 16.6. The molecule has 3 aromatic rings. The van der Waals surface area contributed by atoms with Gasteiger partial charge < -0.3 is 15.4 Å². The van der Waals surface area contributed by atoms with E-state index in [1.165, 1.54) is 5.56 Å². The smallest absolute Gasteiger partial charge is 0.191 e. The van der Waals surface area contributed by atoms with E-state index in [2.05, 4.69) is 51.3 Å². The number of aliphatic imine (C=N–C) groups is 1. The van der Waals surface area contributed by atoms with Crippen LogP contribution in [0, 0.1) is 6.92 Å². The molecule has 0 aliphatic rings. The molecule has 0 spiro atoms. The fourth-order valence-corrected chi connectivity index (χ4v) is 3.67. The topological polar surface area (TPSA) is 58.5 Å². The van der Waals surface area contributed by atoms with Gasteiger partial charge in [-0.2, -0.15) is 0 Å². The number of halogens is 1. The number of guanidine groups is 1. The number of nitrogens with zero attached hydrogens (tertiary/aromatic N) is 2. The lowest BCUT2D eigenvalue weighted by molar-refractivity contribution is 0.411. The number of nitrogens with one attached hydrogen (secondary N) is 2. The molecule has 0 bridgehead atoms. The Labute approximate surface area is 193 Å². The van der Waals surface area contributed by atoms with Gasteiger partial charge in [0.25, 0.3) is 0 Å². The zero-order valence-corrected chi connectivity index (χ0v) is 20.1. The van der Waals surface area contributed by atoms with Crippen LogP contribution in [0.4, 0.5) is 0 Å². The van der Waals surface area contributed by atoms with Crippen LogP contribution >= 0.6 is 35.3 Å². The van der Waals surface area contributed by atoms with Gasteiger partial charge >= 0.3 is 0 Å². The number of hydrogen-bond donors (Lipinski definition) is 2. The van der Waals surface area contributed by atoms with Crippen LogP contribution in [0.1, 0.15) is 16.8 Å². The summed E-state index contributed by atoms with van der Waals surface area (Å²) in [5, 5.41) is 9.80. The predicted molar refractivity (Wildman–Crippen MR) is 133 cm³/mol. The molecule has 0 aliphatic carbocycles. The lowest BCUT2D eigenvalue weighted by Gasteiger charge is -2.12. The van der Waals surface area contributed by atoms with Gasteiger partial charge in [-0.1, -0.05) is 42.5 Å². The number of rotatable bonds is 7. The van der Waals surface area contributed by atoms with Gasteiger partial charge in [0.2, 0.25) is 0 Å². The quantitative estimate of drug-likeness (QED) is 0.270. The first-order valence-corrected chi connectivity index (χ1v) is 10.2. The number of ether oxygens (including phenoxy) is 1. The average molecular weight is 522 g/mol. The fraction of sp³-hybridized carbons (Fsp3) is 0.273. The highest BCUT2D eigenvalue weighted by Crippen LogP contribution is 2.23. The lowest BCUT2D eigenvalue weighted by atomic mass is 10.1. The highest BCUT2D eigenvalue weighted by atomic mass is 127. The second-order valence-electron chi connectivity index (χ2n) is 6.42. The molecule has 0 fully saturated rings. The highest BCUT2D eigenvalue weighted by molar-refractivity contribution is 14.0. The largest absolute Gasteiger partial charge is 0.496 e. The van der Waals surface area contributed by atoms with Crippen LogP contribution in [0.5, 0.6) is 5.75 Å². The molecule has 2 aromatic carbocycles. The van der Waals surface area contributed by atoms with E-state index in [1.807, 2.05) is 25.1 Å². The van der Waals surface area contributed by atoms with Crippen molar-refractivity contribution in [3.8, 4) is 16.3 Å². The molecule has 0 aliphatic heterocycles. The molecule has 0 saturated carbocycles. The van der Waals surface area contributed by atoms with Crippen LogP contribution in [-0.4, -0.2) is 31.6 Å². The Morgan fingerprint density at radius 3 is 2.66 bits per heavy atom. The standard InChI is InChI=1S/C22H26N4OS.HI/c1-16-9-10-17(13-20(16)27-3)11-12-24-22(23-2)25-14-19-15-28-21(26-19)18-7-5-4-6-8-18;/h4-10,13,15H,11-12,14H2,1-3H3,(H2,23,24,25);1H. The first-order chi connectivity index (χ1) is 13.7. The molecule has 1 aromatic heterocycles. The minimum atomic E-state index is 0. The summed E-state index contributed by atoms with van der Waals surface area (Å²) in [4.78, 5) is 8.99. The molecule has 0 radical (unpaired) electrons. The van der Waals surface area contributed by atoms with Gasteiger partial charge in [0.15, 0.2) is 5.96 Å². The van der Waals surface area contributed by atoms with E-state index in [9.17, 15) is 0 Å². The Morgan fingerprint density at radius 2 is 1.93 bits per heavy atom. The zero-order chi connectivity index (χ0) is 19.8. The molecule has 5 nitrogen and oxygen atoms in total. The van der Waals surface area contributed by atoms with Gasteiger partial charge in [0.05, 0.1) is 19.3 Å². The van der Waals surface area contributed by atoms with E-state index in [-0.39, 0.29) is 24.0 Å². The number of thiazole rings is 1. The van der Waals surface area contributed by atoms with Crippen LogP contribution in [-0.2, 0) is 13.0 Å². The maximum atomic E-state index is 5.39. The third-order valence-corrected chi connectivity index (χ3v) is 5.35. The first kappa shape index (κ1) is 23.2. The summed E-state index contributed by atoms with van der Waals surface area (Å²) in [7, 11) is 3.48. The maximum absolute atomic E-state index is 5.39. The van der Waals surface area contributed by atoms with Gasteiger partial charge in [-0.15, -0.1) is 35.3 Å². The van der Waals surface area contributed by atoms with Crippen molar-refractivity contribution in [3.05, 3.63) is 70.7 Å². The summed E-state index contributed by atoms with van der Waals surface area (Å²) in [5.74, 6) is 1.70. The van der Waals surface area contributed by atoms with E-state index in [4.69, 9.17) is 9.72 Å². The van der Waals surface area contributed by atoms with Gasteiger partial charge in [-0.05, 0) is 30.5 Å². The van der Waals surface area contributed by atoms with Crippen molar-refractivity contribution in [2.45, 2.75) is 19.9 Å². The minimum absolute atomic E-state index is 0. The molecule has 3 rings (SSSR count). The SMILES string of the molecule is CN=C(NCCc1ccc(C)c(OC)c1)NCc1csc(-c2ccccc2)n1.I. The Balaban J connectivity index is 0.00000300. The molecule has 2 N–H and O–H groups in total. The molecule has 0 atom stereocenters. The fourth-order valence-electron chi connectivity index (χ4n) is 2.84. The van der Waals surface area contributed by atoms with Gasteiger partial charge in [-0.25, -0.2) is 4.98 Å². The molecule has 0 unspecified atom stereocenters. The van der Waals surface area contributed by atoms with E-state index >= 15 is 0 Å². The number of hydrogen-bond acceptors (Lipinski definition) is 4. The maximum Gasteiger partial charge on any atom is 0.191 e. The van der Waals surface area contributed by atoms with Gasteiger partial charge in [0.1, 0.15) is 10.8 Å². The molecule has 7 heteroatoms. The summed E-state index contributed by atoms with van der Waals surface area (Å²) in [6.07, 6.45) is 0.895.